The second-order valence-electron chi connectivity index (χ2n) is 5.86. The highest BCUT2D eigenvalue weighted by Gasteiger charge is 2.30. The fraction of sp³-hybridized carbons (Fsp3) is 0.412. The third kappa shape index (κ3) is 3.84. The van der Waals surface area contributed by atoms with Gasteiger partial charge in [0, 0.05) is 37.0 Å². The molecule has 0 radical (unpaired) electrons. The van der Waals surface area contributed by atoms with E-state index in [0.717, 1.165) is 56.2 Å². The van der Waals surface area contributed by atoms with E-state index in [1.54, 1.807) is 0 Å². The number of rotatable bonds is 2. The molecule has 1 aromatic carbocycles. The molecule has 1 saturated heterocycles. The minimum atomic E-state index is -4.34. The van der Waals surface area contributed by atoms with Crippen molar-refractivity contribution in [2.75, 3.05) is 31.1 Å². The first-order valence-electron chi connectivity index (χ1n) is 7.92. The average Bonchev–Trinajstić information content (AvgIpc) is 2.83. The Balaban J connectivity index is 1.90. The van der Waals surface area contributed by atoms with Crippen molar-refractivity contribution in [1.29, 1.82) is 0 Å². The number of nitrogens with one attached hydrogen (secondary N) is 1. The van der Waals surface area contributed by atoms with Crippen LogP contribution in [0.1, 0.15) is 17.7 Å². The molecule has 7 heteroatoms. The number of alkyl halides is 3. The van der Waals surface area contributed by atoms with Crippen molar-refractivity contribution in [3.63, 3.8) is 0 Å². The van der Waals surface area contributed by atoms with Gasteiger partial charge in [-0.25, -0.2) is 9.97 Å². The van der Waals surface area contributed by atoms with Gasteiger partial charge in [-0.05, 0) is 32.0 Å². The lowest BCUT2D eigenvalue weighted by atomic mass is 10.1. The van der Waals surface area contributed by atoms with E-state index in [1.807, 2.05) is 13.0 Å². The Kier molecular flexibility index (Phi) is 4.71. The maximum atomic E-state index is 12.7. The lowest BCUT2D eigenvalue weighted by Gasteiger charge is -2.22. The monoisotopic (exact) mass is 336 g/mol. The zero-order valence-electron chi connectivity index (χ0n) is 13.4. The van der Waals surface area contributed by atoms with E-state index in [4.69, 9.17) is 0 Å². The van der Waals surface area contributed by atoms with Crippen LogP contribution in [0, 0.1) is 6.92 Å². The number of halogens is 3. The molecule has 3 rings (SSSR count). The lowest BCUT2D eigenvalue weighted by Crippen LogP contribution is -2.28. The molecule has 0 atom stereocenters. The molecule has 1 aliphatic rings. The Labute approximate surface area is 138 Å². The third-order valence-corrected chi connectivity index (χ3v) is 3.98. The number of hydrogen-bond donors (Lipinski definition) is 1. The van der Waals surface area contributed by atoms with E-state index in [1.165, 1.54) is 12.1 Å². The number of aromatic nitrogens is 2. The summed E-state index contributed by atoms with van der Waals surface area (Å²) in [5.41, 5.74) is 0.714. The summed E-state index contributed by atoms with van der Waals surface area (Å²) in [6.07, 6.45) is -3.31. The van der Waals surface area contributed by atoms with Gasteiger partial charge in [0.1, 0.15) is 5.82 Å². The van der Waals surface area contributed by atoms with E-state index < -0.39 is 11.7 Å². The van der Waals surface area contributed by atoms with Crippen LogP contribution in [0.25, 0.3) is 11.4 Å². The second kappa shape index (κ2) is 6.76. The molecule has 4 nitrogen and oxygen atoms in total. The minimum absolute atomic E-state index is 0.455. The molecule has 1 aliphatic heterocycles. The van der Waals surface area contributed by atoms with Crippen LogP contribution in [0.15, 0.2) is 30.3 Å². The molecule has 0 unspecified atom stereocenters. The molecule has 1 aromatic heterocycles. The molecule has 0 bridgehead atoms. The van der Waals surface area contributed by atoms with Gasteiger partial charge in [0.2, 0.25) is 0 Å². The molecule has 2 heterocycles. The van der Waals surface area contributed by atoms with Crippen LogP contribution >= 0.6 is 0 Å². The summed E-state index contributed by atoms with van der Waals surface area (Å²) in [4.78, 5) is 11.1. The molecule has 0 amide bonds. The minimum Gasteiger partial charge on any atom is -0.355 e. The highest BCUT2D eigenvalue weighted by molar-refractivity contribution is 5.58. The summed E-state index contributed by atoms with van der Waals surface area (Å²) in [6, 6.07) is 6.89. The second-order valence-corrected chi connectivity index (χ2v) is 5.86. The Bertz CT molecular complexity index is 690. The predicted molar refractivity (Wildman–Crippen MR) is 86.9 cm³/mol. The van der Waals surface area contributed by atoms with E-state index in [-0.39, 0.29) is 0 Å². The van der Waals surface area contributed by atoms with Gasteiger partial charge in [-0.1, -0.05) is 12.1 Å². The van der Waals surface area contributed by atoms with Crippen molar-refractivity contribution in [2.24, 2.45) is 0 Å². The van der Waals surface area contributed by atoms with Crippen LogP contribution in [0.2, 0.25) is 0 Å². The standard InChI is InChI=1S/C17H19F3N4/c1-12-11-15(24-9-2-7-21-8-10-24)23-16(22-12)13-3-5-14(6-4-13)17(18,19)20/h3-6,11,21H,2,7-10H2,1H3. The molecule has 1 N–H and O–H groups in total. The van der Waals surface area contributed by atoms with Crippen LogP contribution in [0.4, 0.5) is 19.0 Å². The van der Waals surface area contributed by atoms with Gasteiger partial charge in [-0.2, -0.15) is 13.2 Å². The van der Waals surface area contributed by atoms with Crippen molar-refractivity contribution in [3.8, 4) is 11.4 Å². The number of nitrogens with zero attached hydrogens (tertiary/aromatic N) is 3. The van der Waals surface area contributed by atoms with Crippen molar-refractivity contribution in [1.82, 2.24) is 15.3 Å². The SMILES string of the molecule is Cc1cc(N2CCCNCC2)nc(-c2ccc(C(F)(F)F)cc2)n1. The largest absolute Gasteiger partial charge is 0.416 e. The first kappa shape index (κ1) is 16.7. The Morgan fingerprint density at radius 1 is 1.04 bits per heavy atom. The highest BCUT2D eigenvalue weighted by Crippen LogP contribution is 2.30. The molecular weight excluding hydrogens is 317 g/mol. The summed E-state index contributed by atoms with van der Waals surface area (Å²) in [6.45, 7) is 5.48. The fourth-order valence-electron chi connectivity index (χ4n) is 2.73. The van der Waals surface area contributed by atoms with Crippen LogP contribution in [0.3, 0.4) is 0 Å². The molecule has 0 aliphatic carbocycles. The zero-order valence-corrected chi connectivity index (χ0v) is 13.4. The van der Waals surface area contributed by atoms with Crippen LogP contribution in [-0.2, 0) is 6.18 Å². The Hall–Kier alpha value is -2.15. The first-order chi connectivity index (χ1) is 11.4. The average molecular weight is 336 g/mol. The van der Waals surface area contributed by atoms with Crippen molar-refractivity contribution in [2.45, 2.75) is 19.5 Å². The van der Waals surface area contributed by atoms with Gasteiger partial charge in [-0.15, -0.1) is 0 Å². The zero-order chi connectivity index (χ0) is 17.2. The van der Waals surface area contributed by atoms with Gasteiger partial charge >= 0.3 is 6.18 Å². The highest BCUT2D eigenvalue weighted by atomic mass is 19.4. The third-order valence-electron chi connectivity index (χ3n) is 3.98. The number of anilines is 1. The maximum Gasteiger partial charge on any atom is 0.416 e. The van der Waals surface area contributed by atoms with Gasteiger partial charge in [0.05, 0.1) is 5.56 Å². The smallest absolute Gasteiger partial charge is 0.355 e. The summed E-state index contributed by atoms with van der Waals surface area (Å²) in [5.74, 6) is 1.28. The van der Waals surface area contributed by atoms with E-state index in [2.05, 4.69) is 20.2 Å². The molecular formula is C17H19F3N4. The summed E-state index contributed by atoms with van der Waals surface area (Å²) < 4.78 is 38.1. The summed E-state index contributed by atoms with van der Waals surface area (Å²) in [7, 11) is 0. The number of aryl methyl sites for hydroxylation is 1. The summed E-state index contributed by atoms with van der Waals surface area (Å²) >= 11 is 0. The van der Waals surface area contributed by atoms with Gasteiger partial charge in [0.15, 0.2) is 5.82 Å². The normalized spacial score (nSPS) is 16.1. The van der Waals surface area contributed by atoms with E-state index in [9.17, 15) is 13.2 Å². The van der Waals surface area contributed by atoms with E-state index in [0.29, 0.717) is 11.4 Å². The maximum absolute atomic E-state index is 12.7. The molecule has 128 valence electrons. The molecule has 24 heavy (non-hydrogen) atoms. The quantitative estimate of drug-likeness (QED) is 0.914. The van der Waals surface area contributed by atoms with Gasteiger partial charge in [-0.3, -0.25) is 0 Å². The predicted octanol–water partition coefficient (Wildman–Crippen LogP) is 3.27. The van der Waals surface area contributed by atoms with Crippen LogP contribution in [0.5, 0.6) is 0 Å². The molecule has 1 fully saturated rings. The van der Waals surface area contributed by atoms with Crippen LogP contribution in [-0.4, -0.2) is 36.1 Å². The van der Waals surface area contributed by atoms with Gasteiger partial charge in [0.25, 0.3) is 0 Å². The van der Waals surface area contributed by atoms with Crippen LogP contribution < -0.4 is 10.2 Å². The Morgan fingerprint density at radius 2 is 1.79 bits per heavy atom. The number of benzene rings is 1. The van der Waals surface area contributed by atoms with E-state index >= 15 is 0 Å². The first-order valence-corrected chi connectivity index (χ1v) is 7.92. The van der Waals surface area contributed by atoms with Crippen molar-refractivity contribution < 1.29 is 13.2 Å². The lowest BCUT2D eigenvalue weighted by molar-refractivity contribution is -0.137. The molecule has 0 spiro atoms. The Morgan fingerprint density at radius 3 is 2.50 bits per heavy atom. The topological polar surface area (TPSA) is 41.0 Å². The van der Waals surface area contributed by atoms with Gasteiger partial charge < -0.3 is 10.2 Å². The molecule has 0 saturated carbocycles. The fourth-order valence-corrected chi connectivity index (χ4v) is 2.73. The van der Waals surface area contributed by atoms with Crippen molar-refractivity contribution >= 4 is 5.82 Å². The molecule has 2 aromatic rings. The van der Waals surface area contributed by atoms with Crippen molar-refractivity contribution in [3.05, 3.63) is 41.6 Å². The summed E-state index contributed by atoms with van der Waals surface area (Å²) in [5, 5.41) is 3.34. The number of hydrogen-bond acceptors (Lipinski definition) is 4.